The molecule has 1 aromatic carbocycles. The van der Waals surface area contributed by atoms with Crippen molar-refractivity contribution in [1.82, 2.24) is 10.2 Å². The topological polar surface area (TPSA) is 58.6 Å². The molecule has 1 fully saturated rings. The molecule has 1 aromatic rings. The van der Waals surface area contributed by atoms with Crippen LogP contribution in [0.4, 0.5) is 4.79 Å². The van der Waals surface area contributed by atoms with Gasteiger partial charge in [0, 0.05) is 13.1 Å². The summed E-state index contributed by atoms with van der Waals surface area (Å²) in [5.41, 5.74) is -0.0171. The summed E-state index contributed by atoms with van der Waals surface area (Å²) in [6.45, 7) is 7.53. The van der Waals surface area contributed by atoms with Crippen molar-refractivity contribution in [3.8, 4) is 0 Å². The van der Waals surface area contributed by atoms with Gasteiger partial charge in [-0.25, -0.2) is 4.79 Å². The first-order valence-corrected chi connectivity index (χ1v) is 9.00. The van der Waals surface area contributed by atoms with Crippen LogP contribution < -0.4 is 5.32 Å². The highest BCUT2D eigenvalue weighted by Gasteiger charge is 2.44. The smallest absolute Gasteiger partial charge is 0.408 e. The van der Waals surface area contributed by atoms with Crippen LogP contribution in [0.5, 0.6) is 0 Å². The van der Waals surface area contributed by atoms with Gasteiger partial charge in [-0.05, 0) is 31.2 Å². The van der Waals surface area contributed by atoms with Crippen molar-refractivity contribution in [2.75, 3.05) is 13.1 Å². The summed E-state index contributed by atoms with van der Waals surface area (Å²) in [6.07, 6.45) is 5.02. The third kappa shape index (κ3) is 5.08. The molecular formula is C20H28N2O3. The van der Waals surface area contributed by atoms with Crippen LogP contribution in [-0.2, 0) is 16.1 Å². The van der Waals surface area contributed by atoms with Gasteiger partial charge in [0.15, 0.2) is 0 Å². The van der Waals surface area contributed by atoms with Crippen LogP contribution in [-0.4, -0.2) is 35.5 Å². The van der Waals surface area contributed by atoms with Gasteiger partial charge in [0.25, 0.3) is 0 Å². The third-order valence-electron chi connectivity index (χ3n) is 4.56. The standard InChI is InChI=1S/C20H28N2O3/c1-3-5-14-22-15-9-13-20(12-4-2,18(22)23)21-19(24)25-16-17-10-7-6-8-11-17/h4,6-8,10-11H,2-3,5,9,12-16H2,1H3,(H,21,24). The van der Waals surface area contributed by atoms with Crippen LogP contribution in [0, 0.1) is 0 Å². The fraction of sp³-hybridized carbons (Fsp3) is 0.500. The molecule has 136 valence electrons. The minimum Gasteiger partial charge on any atom is -0.445 e. The first-order valence-electron chi connectivity index (χ1n) is 9.00. The van der Waals surface area contributed by atoms with Crippen molar-refractivity contribution in [3.63, 3.8) is 0 Å². The maximum Gasteiger partial charge on any atom is 0.408 e. The molecule has 1 aliphatic rings. The fourth-order valence-corrected chi connectivity index (χ4v) is 3.20. The molecule has 0 aliphatic carbocycles. The van der Waals surface area contributed by atoms with Crippen molar-refractivity contribution in [2.24, 2.45) is 0 Å². The Hall–Kier alpha value is -2.30. The van der Waals surface area contributed by atoms with E-state index in [9.17, 15) is 9.59 Å². The van der Waals surface area contributed by atoms with Gasteiger partial charge in [0.1, 0.15) is 12.1 Å². The van der Waals surface area contributed by atoms with Crippen LogP contribution >= 0.6 is 0 Å². The molecule has 1 heterocycles. The van der Waals surface area contributed by atoms with Crippen molar-refractivity contribution in [3.05, 3.63) is 48.6 Å². The number of carbonyl (C=O) groups is 2. The lowest BCUT2D eigenvalue weighted by Crippen LogP contribution is -2.62. The van der Waals surface area contributed by atoms with Gasteiger partial charge in [-0.15, -0.1) is 6.58 Å². The number of amides is 2. The number of alkyl carbamates (subject to hydrolysis) is 1. The van der Waals surface area contributed by atoms with Gasteiger partial charge in [-0.1, -0.05) is 49.8 Å². The Balaban J connectivity index is 2.01. The fourth-order valence-electron chi connectivity index (χ4n) is 3.20. The average Bonchev–Trinajstić information content (AvgIpc) is 2.62. The molecule has 0 radical (unpaired) electrons. The van der Waals surface area contributed by atoms with Crippen LogP contribution in [0.3, 0.4) is 0 Å². The zero-order valence-corrected chi connectivity index (χ0v) is 15.0. The van der Waals surface area contributed by atoms with E-state index in [1.807, 2.05) is 35.2 Å². The lowest BCUT2D eigenvalue weighted by Gasteiger charge is -2.41. The number of nitrogens with zero attached hydrogens (tertiary/aromatic N) is 1. The number of piperidine rings is 1. The first kappa shape index (κ1) is 19.0. The Labute approximate surface area is 150 Å². The molecule has 2 amide bonds. The summed E-state index contributed by atoms with van der Waals surface area (Å²) < 4.78 is 5.31. The minimum absolute atomic E-state index is 0.0243. The second kappa shape index (κ2) is 9.25. The summed E-state index contributed by atoms with van der Waals surface area (Å²) in [5, 5.41) is 2.84. The summed E-state index contributed by atoms with van der Waals surface area (Å²) in [6, 6.07) is 9.49. The lowest BCUT2D eigenvalue weighted by atomic mass is 9.84. The van der Waals surface area contributed by atoms with Crippen LogP contribution in [0.1, 0.15) is 44.6 Å². The Bertz CT molecular complexity index is 588. The van der Waals surface area contributed by atoms with E-state index in [0.29, 0.717) is 12.8 Å². The second-order valence-corrected chi connectivity index (χ2v) is 6.51. The van der Waals surface area contributed by atoms with Gasteiger partial charge in [-0.3, -0.25) is 4.79 Å². The van der Waals surface area contributed by atoms with Crippen LogP contribution in [0.25, 0.3) is 0 Å². The normalized spacial score (nSPS) is 20.2. The number of hydrogen-bond acceptors (Lipinski definition) is 3. The van der Waals surface area contributed by atoms with Crippen LogP contribution in [0.2, 0.25) is 0 Å². The Morgan fingerprint density at radius 3 is 2.84 bits per heavy atom. The molecule has 1 N–H and O–H groups in total. The quantitative estimate of drug-likeness (QED) is 0.732. The monoisotopic (exact) mass is 344 g/mol. The molecule has 1 atom stereocenters. The van der Waals surface area contributed by atoms with E-state index < -0.39 is 11.6 Å². The largest absolute Gasteiger partial charge is 0.445 e. The van der Waals surface area contributed by atoms with E-state index in [4.69, 9.17) is 4.74 Å². The van der Waals surface area contributed by atoms with Gasteiger partial charge in [0.2, 0.25) is 5.91 Å². The molecule has 2 rings (SSSR count). The number of benzene rings is 1. The predicted octanol–water partition coefficient (Wildman–Crippen LogP) is 3.65. The van der Waals surface area contributed by atoms with Crippen molar-refractivity contribution in [2.45, 2.75) is 51.2 Å². The summed E-state index contributed by atoms with van der Waals surface area (Å²) in [4.78, 5) is 27.1. The average molecular weight is 344 g/mol. The number of unbranched alkanes of at least 4 members (excludes halogenated alkanes) is 1. The SMILES string of the molecule is C=CCC1(NC(=O)OCc2ccccc2)CCCN(CCCC)C1=O. The molecule has 0 saturated carbocycles. The highest BCUT2D eigenvalue weighted by Crippen LogP contribution is 2.27. The van der Waals surface area contributed by atoms with Crippen molar-refractivity contribution in [1.29, 1.82) is 0 Å². The molecular weight excluding hydrogens is 316 g/mol. The van der Waals surface area contributed by atoms with Gasteiger partial charge in [0.05, 0.1) is 0 Å². The van der Waals surface area contributed by atoms with E-state index in [-0.39, 0.29) is 12.5 Å². The van der Waals surface area contributed by atoms with Crippen molar-refractivity contribution < 1.29 is 14.3 Å². The number of rotatable bonds is 8. The van der Waals surface area contributed by atoms with Gasteiger partial charge in [-0.2, -0.15) is 0 Å². The summed E-state index contributed by atoms with van der Waals surface area (Å²) in [7, 11) is 0. The van der Waals surface area contributed by atoms with Gasteiger partial charge >= 0.3 is 6.09 Å². The summed E-state index contributed by atoms with van der Waals surface area (Å²) >= 11 is 0. The molecule has 0 spiro atoms. The molecule has 0 aromatic heterocycles. The maximum atomic E-state index is 13.0. The number of ether oxygens (including phenoxy) is 1. The highest BCUT2D eigenvalue weighted by atomic mass is 16.5. The van der Waals surface area contributed by atoms with E-state index in [0.717, 1.165) is 37.9 Å². The number of nitrogens with one attached hydrogen (secondary N) is 1. The number of carbonyl (C=O) groups excluding carboxylic acids is 2. The lowest BCUT2D eigenvalue weighted by molar-refractivity contribution is -0.141. The Morgan fingerprint density at radius 1 is 1.40 bits per heavy atom. The number of hydrogen-bond donors (Lipinski definition) is 1. The molecule has 25 heavy (non-hydrogen) atoms. The summed E-state index contributed by atoms with van der Waals surface area (Å²) in [5.74, 6) is -0.0243. The Kier molecular flexibility index (Phi) is 7.04. The van der Waals surface area contributed by atoms with Crippen molar-refractivity contribution >= 4 is 12.0 Å². The zero-order valence-electron chi connectivity index (χ0n) is 15.0. The highest BCUT2D eigenvalue weighted by molar-refractivity contribution is 5.90. The molecule has 1 aliphatic heterocycles. The third-order valence-corrected chi connectivity index (χ3v) is 4.56. The molecule has 0 bridgehead atoms. The van der Waals surface area contributed by atoms with Gasteiger partial charge < -0.3 is 15.0 Å². The zero-order chi connectivity index (χ0) is 18.1. The first-order chi connectivity index (χ1) is 12.1. The molecule has 5 heteroatoms. The predicted molar refractivity (Wildman–Crippen MR) is 98.0 cm³/mol. The molecule has 1 unspecified atom stereocenters. The Morgan fingerprint density at radius 2 is 2.16 bits per heavy atom. The second-order valence-electron chi connectivity index (χ2n) is 6.51. The number of likely N-dealkylation sites (tertiary alicyclic amines) is 1. The van der Waals surface area contributed by atoms with E-state index in [1.54, 1.807) is 6.08 Å². The maximum absolute atomic E-state index is 13.0. The molecule has 5 nitrogen and oxygen atoms in total. The van der Waals surface area contributed by atoms with E-state index in [2.05, 4.69) is 18.8 Å². The van der Waals surface area contributed by atoms with E-state index >= 15 is 0 Å². The van der Waals surface area contributed by atoms with E-state index in [1.165, 1.54) is 0 Å². The molecule has 1 saturated heterocycles. The van der Waals surface area contributed by atoms with Crippen LogP contribution in [0.15, 0.2) is 43.0 Å². The minimum atomic E-state index is -0.929.